The smallest absolute Gasteiger partial charge is 0.226 e. The van der Waals surface area contributed by atoms with Crippen molar-refractivity contribution in [2.75, 3.05) is 11.9 Å². The number of carbonyl (C=O) groups is 1. The molecule has 0 aliphatic rings. The maximum absolute atomic E-state index is 12.3. The Kier molecular flexibility index (Phi) is 7.88. The van der Waals surface area contributed by atoms with E-state index in [0.29, 0.717) is 24.6 Å². The van der Waals surface area contributed by atoms with Crippen molar-refractivity contribution in [3.8, 4) is 28.1 Å². The number of amides is 1. The van der Waals surface area contributed by atoms with Gasteiger partial charge in [-0.1, -0.05) is 80.1 Å². The molecule has 33 heavy (non-hydrogen) atoms. The van der Waals surface area contributed by atoms with E-state index < -0.39 is 0 Å². The zero-order valence-corrected chi connectivity index (χ0v) is 19.6. The number of anilines is 1. The Hall–Kier alpha value is -3.44. The van der Waals surface area contributed by atoms with Crippen LogP contribution in [-0.2, 0) is 11.2 Å². The Balaban J connectivity index is 1.23. The van der Waals surface area contributed by atoms with Gasteiger partial charge in [-0.25, -0.2) is 4.98 Å². The summed E-state index contributed by atoms with van der Waals surface area (Å²) in [4.78, 5) is 16.9. The fourth-order valence-electron chi connectivity index (χ4n) is 3.57. The highest BCUT2D eigenvalue weighted by atomic mass is 32.1. The first-order valence-corrected chi connectivity index (χ1v) is 12.2. The standard InChI is InChI=1S/C28H28N2O2S/c1-2-7-21-11-17-25(18-12-21)32-19-6-10-27(31)30-28-29-26(20-33-28)24-15-13-23(14-16-24)22-8-4-3-5-9-22/h3-5,8-9,11-18,20H,2,6-7,10,19H2,1H3,(H,29,30,31). The lowest BCUT2D eigenvalue weighted by Gasteiger charge is -2.07. The molecule has 4 rings (SSSR count). The molecular weight excluding hydrogens is 428 g/mol. The first kappa shape index (κ1) is 22.7. The molecular formula is C28H28N2O2S. The maximum Gasteiger partial charge on any atom is 0.226 e. The van der Waals surface area contributed by atoms with Crippen LogP contribution in [0.5, 0.6) is 5.75 Å². The maximum atomic E-state index is 12.3. The predicted molar refractivity (Wildman–Crippen MR) is 137 cm³/mol. The van der Waals surface area contributed by atoms with Crippen LogP contribution in [0.1, 0.15) is 31.7 Å². The average molecular weight is 457 g/mol. The van der Waals surface area contributed by atoms with Crippen molar-refractivity contribution in [3.63, 3.8) is 0 Å². The number of rotatable bonds is 10. The molecule has 3 aromatic carbocycles. The average Bonchev–Trinajstić information content (AvgIpc) is 3.32. The van der Waals surface area contributed by atoms with Crippen LogP contribution >= 0.6 is 11.3 Å². The van der Waals surface area contributed by atoms with Crippen molar-refractivity contribution in [2.24, 2.45) is 0 Å². The quantitative estimate of drug-likeness (QED) is 0.256. The molecule has 0 saturated carbocycles. The summed E-state index contributed by atoms with van der Waals surface area (Å²) in [6.45, 7) is 2.68. The largest absolute Gasteiger partial charge is 0.494 e. The van der Waals surface area contributed by atoms with Crippen LogP contribution in [0.25, 0.3) is 22.4 Å². The number of nitrogens with zero attached hydrogens (tertiary/aromatic N) is 1. The molecule has 168 valence electrons. The summed E-state index contributed by atoms with van der Waals surface area (Å²) < 4.78 is 5.75. The summed E-state index contributed by atoms with van der Waals surface area (Å²) in [5, 5.41) is 5.49. The van der Waals surface area contributed by atoms with Gasteiger partial charge in [-0.05, 0) is 41.7 Å². The van der Waals surface area contributed by atoms with Gasteiger partial charge in [0.15, 0.2) is 5.13 Å². The van der Waals surface area contributed by atoms with Gasteiger partial charge < -0.3 is 10.1 Å². The Morgan fingerprint density at radius 1 is 0.909 bits per heavy atom. The van der Waals surface area contributed by atoms with E-state index in [-0.39, 0.29) is 5.91 Å². The third-order valence-electron chi connectivity index (χ3n) is 5.32. The Morgan fingerprint density at radius 2 is 1.61 bits per heavy atom. The highest BCUT2D eigenvalue weighted by Crippen LogP contribution is 2.27. The lowest BCUT2D eigenvalue weighted by atomic mass is 10.0. The summed E-state index contributed by atoms with van der Waals surface area (Å²) in [7, 11) is 0. The molecule has 0 unspecified atom stereocenters. The Morgan fingerprint density at radius 3 is 2.33 bits per heavy atom. The van der Waals surface area contributed by atoms with E-state index in [9.17, 15) is 4.79 Å². The van der Waals surface area contributed by atoms with Crippen molar-refractivity contribution in [3.05, 3.63) is 89.8 Å². The van der Waals surface area contributed by atoms with Crippen molar-refractivity contribution in [1.29, 1.82) is 0 Å². The van der Waals surface area contributed by atoms with Gasteiger partial charge in [-0.3, -0.25) is 4.79 Å². The van der Waals surface area contributed by atoms with Gasteiger partial charge in [0, 0.05) is 17.4 Å². The fourth-order valence-corrected chi connectivity index (χ4v) is 4.31. The minimum atomic E-state index is -0.0442. The van der Waals surface area contributed by atoms with Gasteiger partial charge in [-0.15, -0.1) is 11.3 Å². The molecule has 1 heterocycles. The monoisotopic (exact) mass is 456 g/mol. The first-order chi connectivity index (χ1) is 16.2. The van der Waals surface area contributed by atoms with Crippen LogP contribution < -0.4 is 10.1 Å². The molecule has 4 aromatic rings. The second-order valence-electron chi connectivity index (χ2n) is 7.88. The fraction of sp³-hybridized carbons (Fsp3) is 0.214. The van der Waals surface area contributed by atoms with Crippen LogP contribution in [0.3, 0.4) is 0 Å². The van der Waals surface area contributed by atoms with Gasteiger partial charge in [-0.2, -0.15) is 0 Å². The van der Waals surface area contributed by atoms with E-state index in [0.717, 1.165) is 29.8 Å². The van der Waals surface area contributed by atoms with Gasteiger partial charge in [0.1, 0.15) is 5.75 Å². The molecule has 0 atom stereocenters. The van der Waals surface area contributed by atoms with Crippen molar-refractivity contribution >= 4 is 22.4 Å². The van der Waals surface area contributed by atoms with Crippen molar-refractivity contribution < 1.29 is 9.53 Å². The number of ether oxygens (including phenoxy) is 1. The molecule has 5 heteroatoms. The van der Waals surface area contributed by atoms with Gasteiger partial charge >= 0.3 is 0 Å². The van der Waals surface area contributed by atoms with Crippen LogP contribution in [0, 0.1) is 0 Å². The second kappa shape index (κ2) is 11.4. The predicted octanol–water partition coefficient (Wildman–Crippen LogP) is 7.23. The molecule has 0 spiro atoms. The zero-order valence-electron chi connectivity index (χ0n) is 18.8. The summed E-state index contributed by atoms with van der Waals surface area (Å²) in [6.07, 6.45) is 3.27. The molecule has 0 radical (unpaired) electrons. The number of hydrogen-bond acceptors (Lipinski definition) is 4. The molecule has 0 bridgehead atoms. The lowest BCUT2D eigenvalue weighted by Crippen LogP contribution is -2.12. The molecule has 4 nitrogen and oxygen atoms in total. The van der Waals surface area contributed by atoms with E-state index in [2.05, 4.69) is 65.8 Å². The Bertz CT molecular complexity index is 1150. The molecule has 1 amide bonds. The van der Waals surface area contributed by atoms with E-state index in [1.807, 2.05) is 35.7 Å². The highest BCUT2D eigenvalue weighted by Gasteiger charge is 2.09. The zero-order chi connectivity index (χ0) is 22.9. The SMILES string of the molecule is CCCc1ccc(OCCCC(=O)Nc2nc(-c3ccc(-c4ccccc4)cc3)cs2)cc1. The van der Waals surface area contributed by atoms with Gasteiger partial charge in [0.2, 0.25) is 5.91 Å². The van der Waals surface area contributed by atoms with Gasteiger partial charge in [0.25, 0.3) is 0 Å². The molecule has 0 aliphatic carbocycles. The van der Waals surface area contributed by atoms with Crippen LogP contribution in [0.2, 0.25) is 0 Å². The number of aromatic nitrogens is 1. The minimum absolute atomic E-state index is 0.0442. The molecule has 1 N–H and O–H groups in total. The second-order valence-corrected chi connectivity index (χ2v) is 8.73. The summed E-state index contributed by atoms with van der Waals surface area (Å²) in [5.41, 5.74) is 5.57. The molecule has 0 saturated heterocycles. The highest BCUT2D eigenvalue weighted by molar-refractivity contribution is 7.14. The van der Waals surface area contributed by atoms with Gasteiger partial charge in [0.05, 0.1) is 12.3 Å². The van der Waals surface area contributed by atoms with Crippen LogP contribution in [0.15, 0.2) is 84.2 Å². The summed E-state index contributed by atoms with van der Waals surface area (Å²) >= 11 is 1.44. The topological polar surface area (TPSA) is 51.2 Å². The number of nitrogens with one attached hydrogen (secondary N) is 1. The van der Waals surface area contributed by atoms with Crippen molar-refractivity contribution in [2.45, 2.75) is 32.6 Å². The summed E-state index contributed by atoms with van der Waals surface area (Å²) in [6, 6.07) is 26.8. The molecule has 0 fully saturated rings. The van der Waals surface area contributed by atoms with E-state index in [4.69, 9.17) is 4.74 Å². The van der Waals surface area contributed by atoms with E-state index >= 15 is 0 Å². The number of aryl methyl sites for hydroxylation is 1. The minimum Gasteiger partial charge on any atom is -0.494 e. The third kappa shape index (κ3) is 6.53. The van der Waals surface area contributed by atoms with Crippen LogP contribution in [0.4, 0.5) is 5.13 Å². The lowest BCUT2D eigenvalue weighted by molar-refractivity contribution is -0.116. The number of carbonyl (C=O) groups excluding carboxylic acids is 1. The van der Waals surface area contributed by atoms with Crippen LogP contribution in [-0.4, -0.2) is 17.5 Å². The van der Waals surface area contributed by atoms with E-state index in [1.54, 1.807) is 0 Å². The van der Waals surface area contributed by atoms with E-state index in [1.165, 1.54) is 28.0 Å². The third-order valence-corrected chi connectivity index (χ3v) is 6.07. The summed E-state index contributed by atoms with van der Waals surface area (Å²) in [5.74, 6) is 0.801. The molecule has 1 aromatic heterocycles. The first-order valence-electron chi connectivity index (χ1n) is 11.3. The number of hydrogen-bond donors (Lipinski definition) is 1. The Labute approximate surface area is 199 Å². The normalized spacial score (nSPS) is 10.7. The molecule has 0 aliphatic heterocycles. The van der Waals surface area contributed by atoms with Crippen molar-refractivity contribution in [1.82, 2.24) is 4.98 Å². The number of benzene rings is 3. The number of thiazole rings is 1.